The minimum atomic E-state index is -0.814. The minimum Gasteiger partial charge on any atom is -0.480 e. The lowest BCUT2D eigenvalue weighted by Gasteiger charge is -2.29. The summed E-state index contributed by atoms with van der Waals surface area (Å²) in [5.74, 6) is -0.725. The van der Waals surface area contributed by atoms with Gasteiger partial charge >= 0.3 is 5.97 Å². The SMILES string of the molecule is CC1CCN(C(C)C(=O)NC2CCCC2)C1C(=O)O. The molecule has 2 rings (SSSR count). The van der Waals surface area contributed by atoms with Crippen LogP contribution >= 0.6 is 0 Å². The third-order valence-corrected chi connectivity index (χ3v) is 4.57. The molecule has 0 spiro atoms. The number of likely N-dealkylation sites (tertiary alicyclic amines) is 1. The summed E-state index contributed by atoms with van der Waals surface area (Å²) in [6.45, 7) is 4.45. The number of hydrogen-bond donors (Lipinski definition) is 2. The van der Waals surface area contributed by atoms with E-state index in [2.05, 4.69) is 5.32 Å². The van der Waals surface area contributed by atoms with Gasteiger partial charge in [-0.3, -0.25) is 14.5 Å². The molecule has 2 N–H and O–H groups in total. The smallest absolute Gasteiger partial charge is 0.321 e. The fraction of sp³-hybridized carbons (Fsp3) is 0.857. The van der Waals surface area contributed by atoms with Gasteiger partial charge in [0.2, 0.25) is 5.91 Å². The van der Waals surface area contributed by atoms with E-state index < -0.39 is 12.0 Å². The number of hydrogen-bond acceptors (Lipinski definition) is 3. The number of carbonyl (C=O) groups is 2. The molecule has 0 aromatic heterocycles. The standard InChI is InChI=1S/C14H24N2O3/c1-9-7-8-16(12(9)14(18)19)10(2)13(17)15-11-5-3-4-6-11/h9-12H,3-8H2,1-2H3,(H,15,17)(H,18,19). The molecule has 3 atom stereocenters. The molecule has 0 aromatic rings. The fourth-order valence-corrected chi connectivity index (χ4v) is 3.34. The van der Waals surface area contributed by atoms with Crippen molar-refractivity contribution in [3.05, 3.63) is 0 Å². The monoisotopic (exact) mass is 268 g/mol. The number of aliphatic carboxylic acids is 1. The van der Waals surface area contributed by atoms with E-state index >= 15 is 0 Å². The van der Waals surface area contributed by atoms with Gasteiger partial charge in [0.25, 0.3) is 0 Å². The predicted octanol–water partition coefficient (Wildman–Crippen LogP) is 1.23. The summed E-state index contributed by atoms with van der Waals surface area (Å²) in [5.41, 5.74) is 0. The van der Waals surface area contributed by atoms with E-state index in [1.54, 1.807) is 0 Å². The van der Waals surface area contributed by atoms with Crippen LogP contribution in [0.1, 0.15) is 46.0 Å². The molecule has 2 fully saturated rings. The summed E-state index contributed by atoms with van der Waals surface area (Å²) >= 11 is 0. The first-order valence-corrected chi connectivity index (χ1v) is 7.29. The minimum absolute atomic E-state index is 0.0211. The number of nitrogens with one attached hydrogen (secondary N) is 1. The van der Waals surface area contributed by atoms with Gasteiger partial charge in [0, 0.05) is 12.6 Å². The normalized spacial score (nSPS) is 30.4. The van der Waals surface area contributed by atoms with Gasteiger partial charge in [0.05, 0.1) is 6.04 Å². The summed E-state index contributed by atoms with van der Waals surface area (Å²) in [5, 5.41) is 12.4. The number of carboxylic acids is 1. The predicted molar refractivity (Wildman–Crippen MR) is 71.8 cm³/mol. The zero-order valence-corrected chi connectivity index (χ0v) is 11.8. The van der Waals surface area contributed by atoms with Crippen LogP contribution in [-0.2, 0) is 9.59 Å². The summed E-state index contributed by atoms with van der Waals surface area (Å²) in [6.07, 6.45) is 5.31. The first kappa shape index (κ1) is 14.3. The van der Waals surface area contributed by atoms with Gasteiger partial charge < -0.3 is 10.4 Å². The van der Waals surface area contributed by atoms with E-state index in [-0.39, 0.29) is 17.9 Å². The van der Waals surface area contributed by atoms with E-state index in [1.165, 1.54) is 12.8 Å². The van der Waals surface area contributed by atoms with Crippen molar-refractivity contribution < 1.29 is 14.7 Å². The molecule has 0 bridgehead atoms. The van der Waals surface area contributed by atoms with E-state index in [4.69, 9.17) is 0 Å². The maximum Gasteiger partial charge on any atom is 0.321 e. The molecule has 108 valence electrons. The van der Waals surface area contributed by atoms with Gasteiger partial charge in [-0.1, -0.05) is 19.8 Å². The van der Waals surface area contributed by atoms with Crippen LogP contribution in [0.5, 0.6) is 0 Å². The van der Waals surface area contributed by atoms with Crippen LogP contribution in [-0.4, -0.2) is 46.6 Å². The maximum absolute atomic E-state index is 12.2. The molecule has 0 radical (unpaired) electrons. The van der Waals surface area contributed by atoms with Crippen molar-refractivity contribution in [3.63, 3.8) is 0 Å². The quantitative estimate of drug-likeness (QED) is 0.804. The van der Waals surface area contributed by atoms with Crippen molar-refractivity contribution in [2.24, 2.45) is 5.92 Å². The van der Waals surface area contributed by atoms with Gasteiger partial charge in [0.15, 0.2) is 0 Å². The Balaban J connectivity index is 1.95. The number of carbonyl (C=O) groups excluding carboxylic acids is 1. The molecule has 1 aliphatic carbocycles. The third kappa shape index (κ3) is 3.08. The van der Waals surface area contributed by atoms with Gasteiger partial charge in [-0.25, -0.2) is 0 Å². The van der Waals surface area contributed by atoms with E-state index in [1.807, 2.05) is 18.7 Å². The Kier molecular flexibility index (Phi) is 4.45. The lowest BCUT2D eigenvalue weighted by atomic mass is 10.0. The number of nitrogens with zero attached hydrogens (tertiary/aromatic N) is 1. The fourth-order valence-electron chi connectivity index (χ4n) is 3.34. The second-order valence-corrected chi connectivity index (χ2v) is 5.95. The molecule has 1 heterocycles. The van der Waals surface area contributed by atoms with Crippen molar-refractivity contribution in [2.75, 3.05) is 6.54 Å². The van der Waals surface area contributed by atoms with Crippen molar-refractivity contribution in [2.45, 2.75) is 64.1 Å². The summed E-state index contributed by atoms with van der Waals surface area (Å²) in [4.78, 5) is 25.4. The second-order valence-electron chi connectivity index (χ2n) is 5.95. The van der Waals surface area contributed by atoms with Gasteiger partial charge in [-0.2, -0.15) is 0 Å². The molecule has 5 nitrogen and oxygen atoms in total. The Morgan fingerprint density at radius 3 is 2.47 bits per heavy atom. The Morgan fingerprint density at radius 2 is 1.89 bits per heavy atom. The first-order chi connectivity index (χ1) is 9.00. The highest BCUT2D eigenvalue weighted by molar-refractivity contribution is 5.83. The average molecular weight is 268 g/mol. The molecule has 1 saturated carbocycles. The van der Waals surface area contributed by atoms with Crippen molar-refractivity contribution in [1.29, 1.82) is 0 Å². The summed E-state index contributed by atoms with van der Waals surface area (Å²) in [6, 6.07) is -0.589. The lowest BCUT2D eigenvalue weighted by Crippen LogP contribution is -2.52. The highest BCUT2D eigenvalue weighted by Gasteiger charge is 2.41. The Labute approximate surface area is 114 Å². The van der Waals surface area contributed by atoms with Crippen LogP contribution in [0.2, 0.25) is 0 Å². The number of carboxylic acid groups (broad SMARTS) is 1. The van der Waals surface area contributed by atoms with Crippen molar-refractivity contribution in [3.8, 4) is 0 Å². The van der Waals surface area contributed by atoms with E-state index in [9.17, 15) is 14.7 Å². The zero-order chi connectivity index (χ0) is 14.0. The lowest BCUT2D eigenvalue weighted by molar-refractivity contribution is -0.145. The van der Waals surface area contributed by atoms with Crippen LogP contribution in [0.3, 0.4) is 0 Å². The van der Waals surface area contributed by atoms with Gasteiger partial charge in [0.1, 0.15) is 6.04 Å². The number of rotatable bonds is 4. The average Bonchev–Trinajstić information content (AvgIpc) is 2.97. The van der Waals surface area contributed by atoms with Crippen LogP contribution in [0.15, 0.2) is 0 Å². The molecule has 1 aliphatic heterocycles. The second kappa shape index (κ2) is 5.90. The van der Waals surface area contributed by atoms with Gasteiger partial charge in [-0.05, 0) is 32.1 Å². The van der Waals surface area contributed by atoms with Crippen LogP contribution < -0.4 is 5.32 Å². The highest BCUT2D eigenvalue weighted by Crippen LogP contribution is 2.26. The Bertz CT molecular complexity index is 353. The molecule has 1 saturated heterocycles. The number of amides is 1. The first-order valence-electron chi connectivity index (χ1n) is 7.29. The van der Waals surface area contributed by atoms with E-state index in [0.29, 0.717) is 12.6 Å². The maximum atomic E-state index is 12.2. The summed E-state index contributed by atoms with van der Waals surface area (Å²) in [7, 11) is 0. The van der Waals surface area contributed by atoms with Crippen LogP contribution in [0, 0.1) is 5.92 Å². The Morgan fingerprint density at radius 1 is 1.26 bits per heavy atom. The van der Waals surface area contributed by atoms with E-state index in [0.717, 1.165) is 19.3 Å². The molecular formula is C14H24N2O3. The molecular weight excluding hydrogens is 244 g/mol. The topological polar surface area (TPSA) is 69.6 Å². The van der Waals surface area contributed by atoms with Gasteiger partial charge in [-0.15, -0.1) is 0 Å². The largest absolute Gasteiger partial charge is 0.480 e. The molecule has 1 amide bonds. The van der Waals surface area contributed by atoms with Crippen molar-refractivity contribution >= 4 is 11.9 Å². The Hall–Kier alpha value is -1.10. The highest BCUT2D eigenvalue weighted by atomic mass is 16.4. The molecule has 19 heavy (non-hydrogen) atoms. The molecule has 3 unspecified atom stereocenters. The summed E-state index contributed by atoms with van der Waals surface area (Å²) < 4.78 is 0. The molecule has 0 aromatic carbocycles. The van der Waals surface area contributed by atoms with Crippen LogP contribution in [0.4, 0.5) is 0 Å². The van der Waals surface area contributed by atoms with Crippen LogP contribution in [0.25, 0.3) is 0 Å². The third-order valence-electron chi connectivity index (χ3n) is 4.57. The zero-order valence-electron chi connectivity index (χ0n) is 11.8. The molecule has 2 aliphatic rings. The van der Waals surface area contributed by atoms with Crippen molar-refractivity contribution in [1.82, 2.24) is 10.2 Å². The molecule has 5 heteroatoms.